The average Bonchev–Trinajstić information content (AvgIpc) is 3.56. The van der Waals surface area contributed by atoms with Gasteiger partial charge in [-0.15, -0.1) is 0 Å². The van der Waals surface area contributed by atoms with Crippen LogP contribution in [0.4, 0.5) is 9.18 Å². The fourth-order valence-corrected chi connectivity index (χ4v) is 5.82. The Labute approximate surface area is 230 Å². The van der Waals surface area contributed by atoms with Gasteiger partial charge in [0.2, 0.25) is 0 Å². The van der Waals surface area contributed by atoms with Crippen LogP contribution in [-0.2, 0) is 17.6 Å². The Morgan fingerprint density at radius 3 is 2.30 bits per heavy atom. The minimum atomic E-state index is -0.575. The Morgan fingerprint density at radius 1 is 0.875 bits per heavy atom. The summed E-state index contributed by atoms with van der Waals surface area (Å²) >= 11 is 0. The van der Waals surface area contributed by atoms with E-state index in [1.165, 1.54) is 6.07 Å². The molecular weight excluding hydrogens is 511 g/mol. The number of carbonyl (C=O) groups excluding carboxylic acids is 2. The van der Waals surface area contributed by atoms with Crippen LogP contribution in [0.1, 0.15) is 27.2 Å². The Hall–Kier alpha value is -4.53. The zero-order chi connectivity index (χ0) is 27.6. The first-order chi connectivity index (χ1) is 19.5. The second kappa shape index (κ2) is 10.9. The van der Waals surface area contributed by atoms with Crippen molar-refractivity contribution in [2.24, 2.45) is 11.8 Å². The van der Waals surface area contributed by atoms with Gasteiger partial charge in [0.25, 0.3) is 11.5 Å². The highest BCUT2D eigenvalue weighted by Crippen LogP contribution is 2.32. The van der Waals surface area contributed by atoms with Gasteiger partial charge in [0, 0.05) is 56.2 Å². The topological polar surface area (TPSA) is 95.6 Å². The number of ether oxygens (including phenoxy) is 1. The number of H-pyrrole nitrogens is 1. The van der Waals surface area contributed by atoms with Crippen molar-refractivity contribution in [3.05, 3.63) is 111 Å². The highest BCUT2D eigenvalue weighted by atomic mass is 19.1. The Bertz CT molecular complexity index is 1610. The van der Waals surface area contributed by atoms with Crippen LogP contribution in [0, 0.1) is 17.7 Å². The quantitative estimate of drug-likeness (QED) is 0.398. The Morgan fingerprint density at radius 2 is 1.55 bits per heavy atom. The van der Waals surface area contributed by atoms with E-state index in [0.29, 0.717) is 56.7 Å². The Kier molecular flexibility index (Phi) is 7.02. The van der Waals surface area contributed by atoms with Gasteiger partial charge in [0.15, 0.2) is 0 Å². The SMILES string of the molecule is O=C(OCCc1ccccc1)N1CC2CN(C(=O)c3cc(Cc4n[nH]c(=O)c5ccccc45)ccc3F)CC2C1. The van der Waals surface area contributed by atoms with Gasteiger partial charge in [0.1, 0.15) is 5.82 Å². The number of likely N-dealkylation sites (tertiary alicyclic amines) is 2. The summed E-state index contributed by atoms with van der Waals surface area (Å²) in [7, 11) is 0. The van der Waals surface area contributed by atoms with Gasteiger partial charge in [-0.2, -0.15) is 5.10 Å². The number of hydrogen-bond acceptors (Lipinski definition) is 5. The predicted molar refractivity (Wildman–Crippen MR) is 148 cm³/mol. The molecule has 2 saturated heterocycles. The van der Waals surface area contributed by atoms with Crippen molar-refractivity contribution < 1.29 is 18.7 Å². The number of aromatic nitrogens is 2. The number of halogens is 1. The van der Waals surface area contributed by atoms with E-state index in [1.807, 2.05) is 42.5 Å². The van der Waals surface area contributed by atoms with Crippen LogP contribution < -0.4 is 5.56 Å². The molecule has 8 nitrogen and oxygen atoms in total. The monoisotopic (exact) mass is 540 g/mol. The number of fused-ring (bicyclic) bond motifs is 2. The van der Waals surface area contributed by atoms with Crippen molar-refractivity contribution in [1.29, 1.82) is 0 Å². The van der Waals surface area contributed by atoms with Crippen LogP contribution in [0.3, 0.4) is 0 Å². The van der Waals surface area contributed by atoms with Crippen LogP contribution in [0.15, 0.2) is 77.6 Å². The molecule has 0 bridgehead atoms. The van der Waals surface area contributed by atoms with Gasteiger partial charge >= 0.3 is 6.09 Å². The molecule has 0 radical (unpaired) electrons. The summed E-state index contributed by atoms with van der Waals surface area (Å²) in [6.07, 6.45) is 0.671. The minimum absolute atomic E-state index is 0.0170. The number of hydrogen-bond donors (Lipinski definition) is 1. The number of nitrogens with zero attached hydrogens (tertiary/aromatic N) is 3. The summed E-state index contributed by atoms with van der Waals surface area (Å²) in [6.45, 7) is 2.29. The molecule has 0 aliphatic carbocycles. The summed E-state index contributed by atoms with van der Waals surface area (Å²) in [5.41, 5.74) is 2.23. The lowest BCUT2D eigenvalue weighted by Crippen LogP contribution is -2.36. The fraction of sp³-hybridized carbons (Fsp3) is 0.290. The molecule has 3 aromatic carbocycles. The van der Waals surface area contributed by atoms with E-state index in [2.05, 4.69) is 10.2 Å². The van der Waals surface area contributed by atoms with Gasteiger partial charge in [0.05, 0.1) is 23.3 Å². The lowest BCUT2D eigenvalue weighted by molar-refractivity contribution is 0.0763. The summed E-state index contributed by atoms with van der Waals surface area (Å²) in [4.78, 5) is 41.5. The largest absolute Gasteiger partial charge is 0.449 e. The van der Waals surface area contributed by atoms with E-state index < -0.39 is 5.82 Å². The van der Waals surface area contributed by atoms with Crippen molar-refractivity contribution in [2.45, 2.75) is 12.8 Å². The molecule has 0 saturated carbocycles. The molecule has 9 heteroatoms. The number of benzene rings is 3. The van der Waals surface area contributed by atoms with Crippen molar-refractivity contribution in [1.82, 2.24) is 20.0 Å². The molecule has 3 heterocycles. The number of rotatable bonds is 6. The molecule has 2 fully saturated rings. The second-order valence-electron chi connectivity index (χ2n) is 10.5. The summed E-state index contributed by atoms with van der Waals surface area (Å²) in [5, 5.41) is 7.97. The van der Waals surface area contributed by atoms with Gasteiger partial charge < -0.3 is 14.5 Å². The molecule has 0 spiro atoms. The van der Waals surface area contributed by atoms with Crippen molar-refractivity contribution >= 4 is 22.8 Å². The van der Waals surface area contributed by atoms with Gasteiger partial charge in [-0.25, -0.2) is 14.3 Å². The molecule has 2 aliphatic heterocycles. The summed E-state index contributed by atoms with van der Waals surface area (Å²) in [5.74, 6) is -0.666. The second-order valence-corrected chi connectivity index (χ2v) is 10.5. The fourth-order valence-electron chi connectivity index (χ4n) is 5.82. The molecule has 4 aromatic rings. The molecule has 204 valence electrons. The van der Waals surface area contributed by atoms with Crippen LogP contribution >= 0.6 is 0 Å². The van der Waals surface area contributed by atoms with Crippen LogP contribution in [-0.4, -0.2) is 64.8 Å². The molecule has 6 rings (SSSR count). The van der Waals surface area contributed by atoms with E-state index in [-0.39, 0.29) is 35.0 Å². The summed E-state index contributed by atoms with van der Waals surface area (Å²) in [6, 6.07) is 21.6. The third-order valence-electron chi connectivity index (χ3n) is 7.90. The zero-order valence-corrected chi connectivity index (χ0v) is 21.9. The van der Waals surface area contributed by atoms with Crippen LogP contribution in [0.25, 0.3) is 10.8 Å². The lowest BCUT2D eigenvalue weighted by Gasteiger charge is -2.22. The first kappa shape index (κ1) is 25.7. The highest BCUT2D eigenvalue weighted by molar-refractivity contribution is 5.95. The van der Waals surface area contributed by atoms with Gasteiger partial charge in [-0.1, -0.05) is 54.6 Å². The third-order valence-corrected chi connectivity index (χ3v) is 7.90. The molecule has 1 aromatic heterocycles. The Balaban J connectivity index is 1.08. The zero-order valence-electron chi connectivity index (χ0n) is 21.9. The number of carbonyl (C=O) groups is 2. The number of amides is 2. The molecule has 1 N–H and O–H groups in total. The molecule has 40 heavy (non-hydrogen) atoms. The first-order valence-corrected chi connectivity index (χ1v) is 13.5. The third kappa shape index (κ3) is 5.19. The van der Waals surface area contributed by atoms with Crippen molar-refractivity contribution in [3.8, 4) is 0 Å². The van der Waals surface area contributed by atoms with E-state index >= 15 is 0 Å². The van der Waals surface area contributed by atoms with E-state index in [9.17, 15) is 18.8 Å². The maximum absolute atomic E-state index is 14.8. The van der Waals surface area contributed by atoms with Crippen LogP contribution in [0.5, 0.6) is 0 Å². The van der Waals surface area contributed by atoms with Crippen molar-refractivity contribution in [2.75, 3.05) is 32.8 Å². The van der Waals surface area contributed by atoms with Gasteiger partial charge in [-0.05, 0) is 29.3 Å². The minimum Gasteiger partial charge on any atom is -0.449 e. The molecule has 2 unspecified atom stereocenters. The average molecular weight is 541 g/mol. The smallest absolute Gasteiger partial charge is 0.409 e. The molecular formula is C31H29FN4O4. The lowest BCUT2D eigenvalue weighted by atomic mass is 10.0. The first-order valence-electron chi connectivity index (χ1n) is 13.5. The molecule has 2 atom stereocenters. The predicted octanol–water partition coefficient (Wildman–Crippen LogP) is 4.04. The number of nitrogens with one attached hydrogen (secondary N) is 1. The van der Waals surface area contributed by atoms with Crippen LogP contribution in [0.2, 0.25) is 0 Å². The maximum atomic E-state index is 14.8. The van der Waals surface area contributed by atoms with Crippen molar-refractivity contribution in [3.63, 3.8) is 0 Å². The van der Waals surface area contributed by atoms with E-state index in [1.54, 1.807) is 34.1 Å². The number of aromatic amines is 1. The normalized spacial score (nSPS) is 18.2. The highest BCUT2D eigenvalue weighted by Gasteiger charge is 2.44. The van der Waals surface area contributed by atoms with E-state index in [0.717, 1.165) is 16.5 Å². The van der Waals surface area contributed by atoms with E-state index in [4.69, 9.17) is 4.74 Å². The maximum Gasteiger partial charge on any atom is 0.409 e. The molecule has 2 aliphatic rings. The summed E-state index contributed by atoms with van der Waals surface area (Å²) < 4.78 is 20.3. The standard InChI is InChI=1S/C31H29FN4O4/c32-27-11-10-21(15-28-24-8-4-5-9-25(24)29(37)34-33-28)14-26(27)30(38)35-16-22-18-36(19-23(22)17-35)31(39)40-13-12-20-6-2-1-3-7-20/h1-11,14,22-23H,12-13,15-19H2,(H,34,37). The van der Waals surface area contributed by atoms with Gasteiger partial charge in [-0.3, -0.25) is 9.59 Å². The molecule has 2 amide bonds.